The Balaban J connectivity index is 0.00000113. The van der Waals surface area contributed by atoms with Crippen LogP contribution in [0.2, 0.25) is 0 Å². The molecule has 1 N–H and O–H groups in total. The van der Waals surface area contributed by atoms with E-state index in [1.165, 1.54) is 79.7 Å². The molecule has 0 radical (unpaired) electrons. The van der Waals surface area contributed by atoms with Crippen molar-refractivity contribution in [1.29, 1.82) is 0 Å². The van der Waals surface area contributed by atoms with Crippen LogP contribution in [0, 0.1) is 0 Å². The second-order valence-electron chi connectivity index (χ2n) is 7.68. The van der Waals surface area contributed by atoms with Crippen LogP contribution in [-0.2, 0) is 6.42 Å². The minimum Gasteiger partial charge on any atom is -0.387 e. The first-order valence-electron chi connectivity index (χ1n) is 12.0. The number of allylic oxidation sites excluding steroid dienone is 1. The molecule has 0 aromatic heterocycles. The van der Waals surface area contributed by atoms with E-state index in [9.17, 15) is 0 Å². The molecule has 1 aliphatic rings. The van der Waals surface area contributed by atoms with Crippen molar-refractivity contribution in [3.05, 3.63) is 78.4 Å². The van der Waals surface area contributed by atoms with Crippen LogP contribution in [0.1, 0.15) is 69.6 Å². The van der Waals surface area contributed by atoms with Gasteiger partial charge in [-0.2, -0.15) is 0 Å². The van der Waals surface area contributed by atoms with E-state index >= 15 is 0 Å². The number of aryl methyl sites for hydroxylation is 1. The van der Waals surface area contributed by atoms with Crippen molar-refractivity contribution < 1.29 is 0 Å². The molecule has 0 unspecified atom stereocenters. The quantitative estimate of drug-likeness (QED) is 0.361. The fourth-order valence-electron chi connectivity index (χ4n) is 4.12. The van der Waals surface area contributed by atoms with Gasteiger partial charge < -0.3 is 10.2 Å². The van der Waals surface area contributed by atoms with Crippen LogP contribution in [0.5, 0.6) is 0 Å². The molecular formula is C29H44N2. The third-order valence-corrected chi connectivity index (χ3v) is 5.65. The lowest BCUT2D eigenvalue weighted by atomic mass is 9.99. The molecule has 31 heavy (non-hydrogen) atoms. The Labute approximate surface area is 192 Å². The number of nitrogens with one attached hydrogen (secondary N) is 1. The van der Waals surface area contributed by atoms with E-state index in [1.54, 1.807) is 0 Å². The molecule has 1 heterocycles. The lowest BCUT2D eigenvalue weighted by Crippen LogP contribution is -2.26. The van der Waals surface area contributed by atoms with Gasteiger partial charge in [0.25, 0.3) is 0 Å². The lowest BCUT2D eigenvalue weighted by molar-refractivity contribution is 0.282. The number of anilines is 1. The van der Waals surface area contributed by atoms with E-state index in [2.05, 4.69) is 84.9 Å². The summed E-state index contributed by atoms with van der Waals surface area (Å²) in [6.07, 6.45) is 10.3. The van der Waals surface area contributed by atoms with Crippen molar-refractivity contribution in [2.45, 2.75) is 59.3 Å². The van der Waals surface area contributed by atoms with Gasteiger partial charge in [0.15, 0.2) is 0 Å². The summed E-state index contributed by atoms with van der Waals surface area (Å²) in [6, 6.07) is 17.3. The normalized spacial score (nSPS) is 14.4. The van der Waals surface area contributed by atoms with Gasteiger partial charge >= 0.3 is 0 Å². The minimum atomic E-state index is 1.14. The topological polar surface area (TPSA) is 15.3 Å². The molecular weight excluding hydrogens is 376 g/mol. The molecule has 2 aromatic rings. The summed E-state index contributed by atoms with van der Waals surface area (Å²) >= 11 is 0. The summed E-state index contributed by atoms with van der Waals surface area (Å²) in [5.74, 6) is 0. The first-order chi connectivity index (χ1) is 15.3. The Morgan fingerprint density at radius 2 is 1.58 bits per heavy atom. The smallest absolute Gasteiger partial charge is 0.0443 e. The fraction of sp³-hybridized carbons (Fsp3) is 0.448. The third kappa shape index (κ3) is 9.14. The number of likely N-dealkylation sites (tertiary alicyclic amines) is 1. The Kier molecular flexibility index (Phi) is 14.1. The van der Waals surface area contributed by atoms with Gasteiger partial charge in [-0.25, -0.2) is 0 Å². The average Bonchev–Trinajstić information content (AvgIpc) is 3.11. The van der Waals surface area contributed by atoms with Crippen molar-refractivity contribution in [3.63, 3.8) is 0 Å². The van der Waals surface area contributed by atoms with Crippen LogP contribution in [0.3, 0.4) is 0 Å². The summed E-state index contributed by atoms with van der Waals surface area (Å²) in [5, 5.41) is 3.46. The summed E-state index contributed by atoms with van der Waals surface area (Å²) in [7, 11) is 2.04. The Hall–Kier alpha value is -2.32. The molecule has 2 heteroatoms. The fourth-order valence-corrected chi connectivity index (χ4v) is 4.12. The van der Waals surface area contributed by atoms with Gasteiger partial charge in [-0.05, 0) is 80.6 Å². The third-order valence-electron chi connectivity index (χ3n) is 5.65. The molecule has 1 saturated heterocycles. The largest absolute Gasteiger partial charge is 0.387 e. The minimum absolute atomic E-state index is 1.14. The predicted molar refractivity (Wildman–Crippen MR) is 142 cm³/mol. The van der Waals surface area contributed by atoms with Crippen LogP contribution in [0.4, 0.5) is 5.69 Å². The number of hydrogen-bond donors (Lipinski definition) is 1. The zero-order valence-corrected chi connectivity index (χ0v) is 20.4. The Morgan fingerprint density at radius 3 is 2.19 bits per heavy atom. The monoisotopic (exact) mass is 420 g/mol. The highest BCUT2D eigenvalue weighted by molar-refractivity contribution is 5.85. The highest BCUT2D eigenvalue weighted by Gasteiger charge is 2.10. The molecule has 170 valence electrons. The highest BCUT2D eigenvalue weighted by atomic mass is 15.1. The van der Waals surface area contributed by atoms with Gasteiger partial charge in [0.05, 0.1) is 0 Å². The van der Waals surface area contributed by atoms with Crippen LogP contribution in [-0.4, -0.2) is 31.6 Å². The molecule has 0 amide bonds. The van der Waals surface area contributed by atoms with Crippen LogP contribution >= 0.6 is 0 Å². The van der Waals surface area contributed by atoms with E-state index in [1.807, 2.05) is 20.9 Å². The SMILES string of the molecule is C=C.CC.CNc1c(/C=C(\C)c2ccccc2)cccc1CCCN1CCCCCC1. The van der Waals surface area contributed by atoms with Crippen molar-refractivity contribution in [1.82, 2.24) is 4.90 Å². The first kappa shape index (κ1) is 26.7. The maximum absolute atomic E-state index is 3.46. The van der Waals surface area contributed by atoms with Gasteiger partial charge in [-0.3, -0.25) is 0 Å². The summed E-state index contributed by atoms with van der Waals surface area (Å²) in [6.45, 7) is 16.0. The second kappa shape index (κ2) is 16.4. The summed E-state index contributed by atoms with van der Waals surface area (Å²) < 4.78 is 0. The van der Waals surface area contributed by atoms with Gasteiger partial charge in [-0.15, -0.1) is 13.2 Å². The lowest BCUT2D eigenvalue weighted by Gasteiger charge is -2.20. The summed E-state index contributed by atoms with van der Waals surface area (Å²) in [5.41, 5.74) is 6.58. The standard InChI is InChI=1S/C25H34N2.C2H6.C2H4/c1-21(22-12-6-5-7-13-22)20-24-15-10-14-23(25(24)26-2)16-11-19-27-17-8-3-4-9-18-27;2*1-2/h5-7,10,12-15,20,26H,3-4,8-9,11,16-19H2,1-2H3;1-2H3;1-2H2/b21-20+;;. The molecule has 1 aliphatic heterocycles. The van der Waals surface area contributed by atoms with E-state index in [0.29, 0.717) is 0 Å². The van der Waals surface area contributed by atoms with Gasteiger partial charge in [0.1, 0.15) is 0 Å². The van der Waals surface area contributed by atoms with E-state index in [0.717, 1.165) is 6.42 Å². The molecule has 2 nitrogen and oxygen atoms in total. The number of para-hydroxylation sites is 1. The van der Waals surface area contributed by atoms with Crippen molar-refractivity contribution >= 4 is 17.3 Å². The maximum Gasteiger partial charge on any atom is 0.0443 e. The van der Waals surface area contributed by atoms with Crippen molar-refractivity contribution in [2.75, 3.05) is 32.0 Å². The molecule has 1 fully saturated rings. The molecule has 0 atom stereocenters. The zero-order chi connectivity index (χ0) is 22.9. The number of rotatable bonds is 7. The van der Waals surface area contributed by atoms with Crippen LogP contribution < -0.4 is 5.32 Å². The Morgan fingerprint density at radius 1 is 0.935 bits per heavy atom. The Bertz CT molecular complexity index is 741. The number of nitrogens with zero attached hydrogens (tertiary/aromatic N) is 1. The average molecular weight is 421 g/mol. The van der Waals surface area contributed by atoms with Crippen molar-refractivity contribution in [2.24, 2.45) is 0 Å². The highest BCUT2D eigenvalue weighted by Crippen LogP contribution is 2.27. The van der Waals surface area contributed by atoms with Gasteiger partial charge in [-0.1, -0.05) is 75.2 Å². The van der Waals surface area contributed by atoms with Gasteiger partial charge in [0, 0.05) is 12.7 Å². The van der Waals surface area contributed by atoms with Gasteiger partial charge in [0.2, 0.25) is 0 Å². The maximum atomic E-state index is 3.46. The predicted octanol–water partition coefficient (Wildman–Crippen LogP) is 7.93. The zero-order valence-electron chi connectivity index (χ0n) is 20.4. The number of benzene rings is 2. The van der Waals surface area contributed by atoms with Crippen LogP contribution in [0.15, 0.2) is 61.7 Å². The molecule has 0 bridgehead atoms. The molecule has 0 aliphatic carbocycles. The number of hydrogen-bond acceptors (Lipinski definition) is 2. The molecule has 0 spiro atoms. The molecule has 3 rings (SSSR count). The molecule has 0 saturated carbocycles. The first-order valence-corrected chi connectivity index (χ1v) is 12.0. The summed E-state index contributed by atoms with van der Waals surface area (Å²) in [4.78, 5) is 2.66. The van der Waals surface area contributed by atoms with E-state index in [-0.39, 0.29) is 0 Å². The molecule has 2 aromatic carbocycles. The van der Waals surface area contributed by atoms with E-state index in [4.69, 9.17) is 0 Å². The van der Waals surface area contributed by atoms with Crippen molar-refractivity contribution in [3.8, 4) is 0 Å². The van der Waals surface area contributed by atoms with Crippen LogP contribution in [0.25, 0.3) is 11.6 Å². The van der Waals surface area contributed by atoms with E-state index < -0.39 is 0 Å². The second-order valence-corrected chi connectivity index (χ2v) is 7.68.